The lowest BCUT2D eigenvalue weighted by molar-refractivity contribution is -0.139. The molecule has 0 bridgehead atoms. The lowest BCUT2D eigenvalue weighted by Gasteiger charge is -2.07. The number of carboxylic acids is 1. The number of hydrogen-bond acceptors (Lipinski definition) is 6. The maximum Gasteiger partial charge on any atom is 0.341 e. The molecule has 2 N–H and O–H groups in total. The summed E-state index contributed by atoms with van der Waals surface area (Å²) in [5.74, 6) is -0.842. The summed E-state index contributed by atoms with van der Waals surface area (Å²) in [4.78, 5) is 27.1. The molecule has 1 fully saturated rings. The van der Waals surface area contributed by atoms with Crippen molar-refractivity contribution in [1.82, 2.24) is 10.3 Å². The second kappa shape index (κ2) is 8.09. The van der Waals surface area contributed by atoms with Gasteiger partial charge in [0.15, 0.2) is 6.61 Å². The number of thiazole rings is 1. The summed E-state index contributed by atoms with van der Waals surface area (Å²) in [5, 5.41) is 14.0. The zero-order chi connectivity index (χ0) is 17.6. The fourth-order valence-corrected chi connectivity index (χ4v) is 3.36. The van der Waals surface area contributed by atoms with Crippen LogP contribution in [0.3, 0.4) is 0 Å². The largest absolute Gasteiger partial charge is 0.482 e. The number of nitrogens with one attached hydrogen (secondary N) is 1. The Kier molecular flexibility index (Phi) is 5.62. The quantitative estimate of drug-likeness (QED) is 0.785. The number of rotatable bonds is 7. The fraction of sp³-hybridized carbons (Fsp3) is 0.353. The summed E-state index contributed by atoms with van der Waals surface area (Å²) < 4.78 is 10.7. The van der Waals surface area contributed by atoms with Gasteiger partial charge in [-0.2, -0.15) is 0 Å². The first-order chi connectivity index (χ1) is 12.1. The molecule has 1 aliphatic rings. The van der Waals surface area contributed by atoms with Gasteiger partial charge in [0.25, 0.3) is 5.91 Å². The number of carbonyl (C=O) groups excluding carboxylic acids is 1. The molecule has 0 radical (unpaired) electrons. The molecule has 0 spiro atoms. The highest BCUT2D eigenvalue weighted by Gasteiger charge is 2.22. The van der Waals surface area contributed by atoms with Crippen molar-refractivity contribution in [2.24, 2.45) is 0 Å². The van der Waals surface area contributed by atoms with Crippen molar-refractivity contribution in [2.45, 2.75) is 25.5 Å². The van der Waals surface area contributed by atoms with Gasteiger partial charge in [0.2, 0.25) is 0 Å². The topological polar surface area (TPSA) is 97.8 Å². The molecular weight excluding hydrogens is 344 g/mol. The van der Waals surface area contributed by atoms with Crippen LogP contribution in [-0.2, 0) is 16.1 Å². The van der Waals surface area contributed by atoms with Gasteiger partial charge in [0.05, 0.1) is 0 Å². The van der Waals surface area contributed by atoms with E-state index in [4.69, 9.17) is 14.6 Å². The van der Waals surface area contributed by atoms with Crippen molar-refractivity contribution in [3.05, 3.63) is 45.9 Å². The van der Waals surface area contributed by atoms with Crippen LogP contribution in [0.1, 0.15) is 40.0 Å². The molecule has 3 rings (SSSR count). The summed E-state index contributed by atoms with van der Waals surface area (Å²) in [5.41, 5.74) is 1.19. The minimum Gasteiger partial charge on any atom is -0.482 e. The van der Waals surface area contributed by atoms with Gasteiger partial charge in [-0.3, -0.25) is 4.79 Å². The Balaban J connectivity index is 1.55. The monoisotopic (exact) mass is 362 g/mol. The molecule has 1 atom stereocenters. The van der Waals surface area contributed by atoms with Crippen molar-refractivity contribution in [3.63, 3.8) is 0 Å². The second-order valence-corrected chi connectivity index (χ2v) is 6.47. The highest BCUT2D eigenvalue weighted by molar-refractivity contribution is 7.09. The van der Waals surface area contributed by atoms with Gasteiger partial charge in [-0.25, -0.2) is 9.78 Å². The molecule has 1 saturated heterocycles. The number of aliphatic carboxylic acids is 1. The zero-order valence-electron chi connectivity index (χ0n) is 13.4. The van der Waals surface area contributed by atoms with Gasteiger partial charge >= 0.3 is 5.97 Å². The zero-order valence-corrected chi connectivity index (χ0v) is 14.3. The van der Waals surface area contributed by atoms with Gasteiger partial charge < -0.3 is 19.9 Å². The highest BCUT2D eigenvalue weighted by atomic mass is 32.1. The van der Waals surface area contributed by atoms with Crippen LogP contribution in [0, 0.1) is 0 Å². The van der Waals surface area contributed by atoms with E-state index in [-0.39, 0.29) is 12.0 Å². The van der Waals surface area contributed by atoms with Crippen LogP contribution in [0.25, 0.3) is 0 Å². The molecule has 1 amide bonds. The molecule has 2 aromatic rings. The second-order valence-electron chi connectivity index (χ2n) is 5.59. The lowest BCUT2D eigenvalue weighted by Crippen LogP contribution is -2.23. The van der Waals surface area contributed by atoms with Crippen LogP contribution in [-0.4, -0.2) is 35.2 Å². The van der Waals surface area contributed by atoms with Gasteiger partial charge in [0.1, 0.15) is 22.6 Å². The molecule has 7 nitrogen and oxygen atoms in total. The van der Waals surface area contributed by atoms with E-state index < -0.39 is 12.6 Å². The molecule has 25 heavy (non-hydrogen) atoms. The average Bonchev–Trinajstić information content (AvgIpc) is 3.29. The number of carbonyl (C=O) groups is 2. The van der Waals surface area contributed by atoms with Crippen molar-refractivity contribution in [1.29, 1.82) is 0 Å². The third kappa shape index (κ3) is 4.77. The first kappa shape index (κ1) is 17.4. The molecule has 1 unspecified atom stereocenters. The summed E-state index contributed by atoms with van der Waals surface area (Å²) in [6.45, 7) is 0.641. The molecule has 1 aliphatic heterocycles. The first-order valence-electron chi connectivity index (χ1n) is 7.90. The molecule has 1 aromatic carbocycles. The third-order valence-corrected chi connectivity index (χ3v) is 4.61. The summed E-state index contributed by atoms with van der Waals surface area (Å²) >= 11 is 1.44. The Labute approximate surface area is 148 Å². The number of nitrogens with zero attached hydrogens (tertiary/aromatic N) is 1. The SMILES string of the molecule is O=C(O)COc1cccc(CNC(=O)c2csc(C3CCCO3)n2)c1. The Bertz CT molecular complexity index is 755. The first-order valence-corrected chi connectivity index (χ1v) is 8.78. The van der Waals surface area contributed by atoms with E-state index in [2.05, 4.69) is 10.3 Å². The number of aromatic nitrogens is 1. The number of benzene rings is 1. The van der Waals surface area contributed by atoms with E-state index in [1.807, 2.05) is 6.07 Å². The minimum atomic E-state index is -1.04. The Hall–Kier alpha value is -2.45. The number of ether oxygens (including phenoxy) is 2. The summed E-state index contributed by atoms with van der Waals surface area (Å²) in [6.07, 6.45) is 1.97. The van der Waals surface area contributed by atoms with Crippen LogP contribution < -0.4 is 10.1 Å². The number of carboxylic acid groups (broad SMARTS) is 1. The molecule has 132 valence electrons. The molecular formula is C17H18N2O5S. The molecule has 8 heteroatoms. The van der Waals surface area contributed by atoms with E-state index in [0.717, 1.165) is 30.0 Å². The van der Waals surface area contributed by atoms with Crippen LogP contribution in [0.4, 0.5) is 0 Å². The van der Waals surface area contributed by atoms with Crippen molar-refractivity contribution < 1.29 is 24.2 Å². The smallest absolute Gasteiger partial charge is 0.341 e. The van der Waals surface area contributed by atoms with Crippen LogP contribution in [0.5, 0.6) is 5.75 Å². The van der Waals surface area contributed by atoms with E-state index >= 15 is 0 Å². The third-order valence-electron chi connectivity index (χ3n) is 3.67. The number of hydrogen-bond donors (Lipinski definition) is 2. The number of amides is 1. The predicted molar refractivity (Wildman–Crippen MR) is 90.8 cm³/mol. The Morgan fingerprint density at radius 3 is 3.08 bits per heavy atom. The Morgan fingerprint density at radius 1 is 1.44 bits per heavy atom. The van der Waals surface area contributed by atoms with Crippen LogP contribution >= 0.6 is 11.3 Å². The fourth-order valence-electron chi connectivity index (χ4n) is 2.48. The lowest BCUT2D eigenvalue weighted by atomic mass is 10.2. The van der Waals surface area contributed by atoms with E-state index in [9.17, 15) is 9.59 Å². The Morgan fingerprint density at radius 2 is 2.32 bits per heavy atom. The van der Waals surface area contributed by atoms with Gasteiger partial charge in [-0.15, -0.1) is 11.3 Å². The van der Waals surface area contributed by atoms with Gasteiger partial charge in [-0.05, 0) is 30.5 Å². The predicted octanol–water partition coefficient (Wildman–Crippen LogP) is 2.39. The molecule has 1 aromatic heterocycles. The van der Waals surface area contributed by atoms with Crippen molar-refractivity contribution in [2.75, 3.05) is 13.2 Å². The van der Waals surface area contributed by atoms with E-state index in [1.165, 1.54) is 11.3 Å². The minimum absolute atomic E-state index is 0.00890. The normalized spacial score (nSPS) is 16.6. The van der Waals surface area contributed by atoms with Crippen LogP contribution in [0.2, 0.25) is 0 Å². The molecule has 2 heterocycles. The van der Waals surface area contributed by atoms with Crippen molar-refractivity contribution >= 4 is 23.2 Å². The maximum absolute atomic E-state index is 12.2. The maximum atomic E-state index is 12.2. The molecule has 0 saturated carbocycles. The summed E-state index contributed by atoms with van der Waals surface area (Å²) in [7, 11) is 0. The van der Waals surface area contributed by atoms with E-state index in [0.29, 0.717) is 18.0 Å². The molecule has 0 aliphatic carbocycles. The highest BCUT2D eigenvalue weighted by Crippen LogP contribution is 2.30. The van der Waals surface area contributed by atoms with Gasteiger partial charge in [0, 0.05) is 18.5 Å². The summed E-state index contributed by atoms with van der Waals surface area (Å²) in [6, 6.07) is 6.94. The van der Waals surface area contributed by atoms with E-state index in [1.54, 1.807) is 23.6 Å². The average molecular weight is 362 g/mol. The standard InChI is InChI=1S/C17H18N2O5S/c20-15(21)9-24-12-4-1-3-11(7-12)8-18-16(22)13-10-25-17(19-13)14-5-2-6-23-14/h1,3-4,7,10,14H,2,5-6,8-9H2,(H,18,22)(H,20,21). The van der Waals surface area contributed by atoms with Gasteiger partial charge in [-0.1, -0.05) is 12.1 Å². The van der Waals surface area contributed by atoms with Crippen molar-refractivity contribution in [3.8, 4) is 5.75 Å². The van der Waals surface area contributed by atoms with Crippen LogP contribution in [0.15, 0.2) is 29.6 Å².